The van der Waals surface area contributed by atoms with Crippen LogP contribution >= 0.6 is 15.8 Å². The van der Waals surface area contributed by atoms with Gasteiger partial charge in [0.15, 0.2) is 0 Å². The van der Waals surface area contributed by atoms with Gasteiger partial charge in [-0.3, -0.25) is 0 Å². The van der Waals surface area contributed by atoms with Crippen LogP contribution in [0.3, 0.4) is 0 Å². The average Bonchev–Trinajstić information content (AvgIpc) is 4.14. The molecule has 50 heavy (non-hydrogen) atoms. The SMILES string of the molecule is CC(N(C)CCN1CCCCCC1)[C]12[CH]3[CH]4[CH]5[C]1(P(c1ccccc1)c1ccccc1)[Fe]43521678[CH]2[CH]1[CH]6[C]7(P(c1ccccc1)c1ccccc1)[CH]28. The predicted octanol–water partition coefficient (Wildman–Crippen LogP) is 9.02. The number of hydrogen-bond acceptors (Lipinski definition) is 2. The maximum atomic E-state index is 3.00. The summed E-state index contributed by atoms with van der Waals surface area (Å²) < 4.78 is 1.97. The van der Waals surface area contributed by atoms with Gasteiger partial charge in [-0.2, -0.15) is 0 Å². The summed E-state index contributed by atoms with van der Waals surface area (Å²) in [6.07, 6.45) is 5.65. The third-order valence-electron chi connectivity index (χ3n) is 23.4. The van der Waals surface area contributed by atoms with Gasteiger partial charge in [0.2, 0.25) is 0 Å². The molecule has 11 heterocycles. The fourth-order valence-corrected chi connectivity index (χ4v) is 133. The van der Waals surface area contributed by atoms with Gasteiger partial charge < -0.3 is 0 Å². The predicted molar refractivity (Wildman–Crippen MR) is 210 cm³/mol. The van der Waals surface area contributed by atoms with Crippen LogP contribution < -0.4 is 21.2 Å². The molecule has 11 fully saturated rings. The van der Waals surface area contributed by atoms with Gasteiger partial charge in [-0.15, -0.1) is 0 Å². The number of hydrogen-bond donors (Lipinski definition) is 0. The molecule has 11 aliphatic rings. The Kier molecular flexibility index (Phi) is 2.97. The topological polar surface area (TPSA) is 6.48 Å². The summed E-state index contributed by atoms with van der Waals surface area (Å²) in [6.45, 7) is 3.59. The van der Waals surface area contributed by atoms with Crippen LogP contribution in [-0.2, 0) is 6.51 Å². The van der Waals surface area contributed by atoms with Crippen LogP contribution in [0.2, 0.25) is 38.0 Å². The minimum absolute atomic E-state index is 0.376. The fourth-order valence-electron chi connectivity index (χ4n) is 24.8. The summed E-state index contributed by atoms with van der Waals surface area (Å²) in [7, 11) is 1.80. The van der Waals surface area contributed by atoms with Crippen LogP contribution in [0.1, 0.15) is 32.6 Å². The van der Waals surface area contributed by atoms with Crippen molar-refractivity contribution in [1.29, 1.82) is 0 Å². The van der Waals surface area contributed by atoms with Crippen molar-refractivity contribution in [2.45, 2.75) is 84.8 Å². The van der Waals surface area contributed by atoms with Crippen molar-refractivity contribution in [1.82, 2.24) is 9.80 Å². The molecule has 0 aromatic heterocycles. The van der Waals surface area contributed by atoms with Crippen LogP contribution in [0, 0.1) is 0 Å². The van der Waals surface area contributed by atoms with E-state index >= 15 is 0 Å². The van der Waals surface area contributed by atoms with Gasteiger partial charge in [-0.05, 0) is 0 Å². The molecule has 0 radical (unpaired) electrons. The zero-order valence-corrected chi connectivity index (χ0v) is 32.4. The Hall–Kier alpha value is -1.82. The first-order valence-electron chi connectivity index (χ1n) is 19.9. The minimum atomic E-state index is -4.40. The number of rotatable bonds is 11. The average molecular weight is 737 g/mol. The standard InChI is InChI=1S/C28H36N2P.C17H14P.Fe/c1-24(29(2)22-23-30-20-11-3-4-12-21-30)27-18-13-19-28(27)31(25-14-7-5-8-15-25)26-16-9-6-10-17-26;1-3-9-15(10-4-1)18(17-13-7-8-14-17)16-11-5-2-6-12-16;/h5-10,13-19,24H,3-4,11-12,20-23H2,1-2H3;1-14H;. The Morgan fingerprint density at radius 2 is 1.08 bits per heavy atom. The van der Waals surface area contributed by atoms with Gasteiger partial charge >= 0.3 is 293 Å². The summed E-state index contributed by atoms with van der Waals surface area (Å²) in [4.78, 5) is 14.0. The van der Waals surface area contributed by atoms with Gasteiger partial charge in [0, 0.05) is 0 Å². The number of likely N-dealkylation sites (tertiary alicyclic amines) is 1. The summed E-state index contributed by atoms with van der Waals surface area (Å²) in [5, 5.41) is 6.88. The van der Waals surface area contributed by atoms with Crippen LogP contribution in [0.5, 0.6) is 0 Å². The third kappa shape index (κ3) is 0.908. The van der Waals surface area contributed by atoms with Crippen LogP contribution in [0.15, 0.2) is 121 Å². The molecule has 0 amide bonds. The second kappa shape index (κ2) is 5.35. The molecule has 0 N–H and O–H groups in total. The normalized spacial score (nSPS) is 54.5. The van der Waals surface area contributed by atoms with E-state index in [1.165, 1.54) is 66.3 Å². The Balaban J connectivity index is 0.987. The second-order valence-corrected chi connectivity index (χ2v) is 48.8. The van der Waals surface area contributed by atoms with E-state index in [0.717, 1.165) is 25.3 Å². The summed E-state index contributed by atoms with van der Waals surface area (Å²) >= 11 is 0. The van der Waals surface area contributed by atoms with Crippen molar-refractivity contribution >= 4 is 37.1 Å². The van der Waals surface area contributed by atoms with Gasteiger partial charge in [0.1, 0.15) is 0 Å². The Morgan fingerprint density at radius 3 is 1.52 bits per heavy atom. The van der Waals surface area contributed by atoms with Crippen molar-refractivity contribution in [2.75, 3.05) is 33.2 Å². The van der Waals surface area contributed by atoms with E-state index in [9.17, 15) is 0 Å². The monoisotopic (exact) mass is 736 g/mol. The molecular formula is C45H50FeN2P2. The zero-order valence-electron chi connectivity index (χ0n) is 29.5. The molecule has 0 saturated carbocycles. The first kappa shape index (κ1) is 27.7. The summed E-state index contributed by atoms with van der Waals surface area (Å²) in [5.74, 6) is 0. The first-order chi connectivity index (χ1) is 24.4. The Morgan fingerprint density at radius 1 is 0.620 bits per heavy atom. The first-order valence-corrected chi connectivity index (χ1v) is 28.7. The van der Waals surface area contributed by atoms with Gasteiger partial charge in [0.05, 0.1) is 0 Å². The molecule has 5 heteroatoms. The van der Waals surface area contributed by atoms with E-state index in [1.807, 2.05) is 0 Å². The molecule has 0 aliphatic carbocycles. The maximum absolute atomic E-state index is 4.40. The molecule has 11 aliphatic heterocycles. The Bertz CT molecular complexity index is 2460. The molecule has 1 spiro atoms. The van der Waals surface area contributed by atoms with Crippen LogP contribution in [0.4, 0.5) is 0 Å². The molecule has 4 aromatic carbocycles. The fraction of sp³-hybridized carbons (Fsp3) is 0.467. The van der Waals surface area contributed by atoms with Crippen molar-refractivity contribution in [3.05, 3.63) is 121 Å². The molecular weight excluding hydrogens is 686 g/mol. The van der Waals surface area contributed by atoms with Crippen molar-refractivity contribution in [2.24, 2.45) is 0 Å². The molecule has 10 unspecified atom stereocenters. The molecule has 258 valence electrons. The van der Waals surface area contributed by atoms with E-state index in [-0.39, 0.29) is 7.92 Å². The van der Waals surface area contributed by atoms with Crippen LogP contribution in [-0.4, -0.2) is 57.2 Å². The van der Waals surface area contributed by atoms with E-state index in [1.54, 1.807) is 21.2 Å². The third-order valence-corrected chi connectivity index (χ3v) is 80.8. The number of nitrogens with zero attached hydrogens (tertiary/aromatic N) is 2. The molecule has 0 bridgehead atoms. The quantitative estimate of drug-likeness (QED) is 0.112. The molecule has 15 rings (SSSR count). The number of benzene rings is 4. The second-order valence-electron chi connectivity index (χ2n) is 20.3. The van der Waals surface area contributed by atoms with Gasteiger partial charge in [-0.1, -0.05) is 0 Å². The van der Waals surface area contributed by atoms with Crippen LogP contribution in [0.25, 0.3) is 0 Å². The molecule has 11 saturated heterocycles. The van der Waals surface area contributed by atoms with E-state index in [0.29, 0.717) is 12.4 Å². The summed E-state index contributed by atoms with van der Waals surface area (Å²) in [5.41, 5.74) is 0. The van der Waals surface area contributed by atoms with E-state index < -0.39 is 14.4 Å². The molecule has 10 atom stereocenters. The van der Waals surface area contributed by atoms with Crippen molar-refractivity contribution < 1.29 is 6.51 Å². The zero-order chi connectivity index (χ0) is 32.9. The van der Waals surface area contributed by atoms with Gasteiger partial charge in [-0.25, -0.2) is 0 Å². The Labute approximate surface area is 291 Å². The number of likely N-dealkylation sites (N-methyl/N-ethyl adjacent to an activating group) is 1. The van der Waals surface area contributed by atoms with E-state index in [2.05, 4.69) is 145 Å². The molecule has 2 nitrogen and oxygen atoms in total. The van der Waals surface area contributed by atoms with Crippen molar-refractivity contribution in [3.8, 4) is 0 Å². The molecule has 4 aromatic rings. The number of fused-ring (bicyclic) bond motifs is 10. The summed E-state index contributed by atoms with van der Waals surface area (Å²) in [6, 6.07) is 49.6. The van der Waals surface area contributed by atoms with Crippen molar-refractivity contribution in [3.63, 3.8) is 0 Å². The van der Waals surface area contributed by atoms with E-state index in [4.69, 9.17) is 0 Å². The van der Waals surface area contributed by atoms with Gasteiger partial charge in [0.25, 0.3) is 0 Å².